The Labute approximate surface area is 309 Å². The number of fused-ring (bicyclic) bond motifs is 1. The van der Waals surface area contributed by atoms with Gasteiger partial charge in [-0.05, 0) is 42.2 Å². The Kier molecular flexibility index (Phi) is 14.0. The van der Waals surface area contributed by atoms with E-state index in [1.165, 1.54) is 19.4 Å². The van der Waals surface area contributed by atoms with Crippen molar-refractivity contribution in [3.05, 3.63) is 88.1 Å². The predicted octanol–water partition coefficient (Wildman–Crippen LogP) is 0.724. The minimum atomic E-state index is -1.27. The second-order valence-corrected chi connectivity index (χ2v) is 12.9. The molecule has 2 heterocycles. The molecular formula is C34H41Cl2N11O5. The Bertz CT molecular complexity index is 1910. The Morgan fingerprint density at radius 2 is 1.48 bits per heavy atom. The van der Waals surface area contributed by atoms with E-state index in [1.807, 2.05) is 24.3 Å². The van der Waals surface area contributed by atoms with Crippen LogP contribution in [0.15, 0.2) is 66.2 Å². The summed E-state index contributed by atoms with van der Waals surface area (Å²) in [5.74, 6) is -3.51. The zero-order valence-electron chi connectivity index (χ0n) is 28.2. The summed E-state index contributed by atoms with van der Waals surface area (Å²) in [5, 5.41) is 12.1. The summed E-state index contributed by atoms with van der Waals surface area (Å²) < 4.78 is 0. The van der Waals surface area contributed by atoms with Gasteiger partial charge in [0.1, 0.15) is 24.2 Å². The van der Waals surface area contributed by atoms with E-state index in [9.17, 15) is 24.0 Å². The van der Waals surface area contributed by atoms with Crippen molar-refractivity contribution >= 4 is 69.6 Å². The van der Waals surface area contributed by atoms with Gasteiger partial charge in [0.2, 0.25) is 29.5 Å². The van der Waals surface area contributed by atoms with Crippen molar-refractivity contribution in [1.82, 2.24) is 36.2 Å². The van der Waals surface area contributed by atoms with Gasteiger partial charge in [-0.15, -0.1) is 0 Å². The van der Waals surface area contributed by atoms with E-state index in [-0.39, 0.29) is 54.7 Å². The second kappa shape index (κ2) is 18.6. The van der Waals surface area contributed by atoms with Crippen molar-refractivity contribution in [2.45, 2.75) is 63.2 Å². The number of primary amides is 1. The monoisotopic (exact) mass is 753 g/mol. The van der Waals surface area contributed by atoms with Crippen LogP contribution in [0.2, 0.25) is 10.0 Å². The number of carbonyl (C=O) groups is 5. The number of carbonyl (C=O) groups excluding carboxylic acids is 5. The fourth-order valence-electron chi connectivity index (χ4n) is 5.51. The third kappa shape index (κ3) is 11.5. The third-order valence-electron chi connectivity index (χ3n) is 8.07. The van der Waals surface area contributed by atoms with Crippen molar-refractivity contribution in [2.75, 3.05) is 6.54 Å². The maximum Gasteiger partial charge on any atom is 0.243 e. The average molecular weight is 755 g/mol. The van der Waals surface area contributed by atoms with Crippen molar-refractivity contribution < 1.29 is 24.0 Å². The molecule has 4 rings (SSSR count). The predicted molar refractivity (Wildman–Crippen MR) is 197 cm³/mol. The number of para-hydroxylation sites is 1. The fourth-order valence-corrected chi connectivity index (χ4v) is 5.84. The molecule has 4 unspecified atom stereocenters. The molecule has 0 fully saturated rings. The summed E-state index contributed by atoms with van der Waals surface area (Å²) in [4.78, 5) is 80.0. The number of aromatic amines is 2. The highest BCUT2D eigenvalue weighted by atomic mass is 35.5. The van der Waals surface area contributed by atoms with Crippen LogP contribution < -0.4 is 38.5 Å². The van der Waals surface area contributed by atoms with E-state index in [2.05, 4.69) is 41.2 Å². The molecule has 0 aliphatic rings. The van der Waals surface area contributed by atoms with Gasteiger partial charge in [0.25, 0.3) is 0 Å². The smallest absolute Gasteiger partial charge is 0.243 e. The summed E-state index contributed by atoms with van der Waals surface area (Å²) in [6, 6.07) is 7.51. The molecule has 4 atom stereocenters. The van der Waals surface area contributed by atoms with E-state index < -0.39 is 53.7 Å². The number of nitrogens with zero attached hydrogens (tertiary/aromatic N) is 2. The second-order valence-electron chi connectivity index (χ2n) is 12.1. The molecule has 2 aromatic heterocycles. The number of nitrogens with one attached hydrogen (secondary N) is 6. The number of nitrogens with two attached hydrogens (primary N) is 3. The van der Waals surface area contributed by atoms with Crippen molar-refractivity contribution in [1.29, 1.82) is 0 Å². The SMILES string of the molecule is CC(=O)NC(Cc1cnc[nH]1)C(=O)NC(Cc1ccc(Cl)c(Cl)c1)C(=O)NC(CCCN=C(N)N)C(=O)NC(Cc1c[nH]c2ccccc12)C(N)=O. The van der Waals surface area contributed by atoms with Crippen LogP contribution in [0.25, 0.3) is 10.9 Å². The number of hydrogen-bond acceptors (Lipinski definition) is 7. The number of H-pyrrole nitrogens is 2. The van der Waals surface area contributed by atoms with Crippen LogP contribution in [0.1, 0.15) is 36.6 Å². The number of aromatic nitrogens is 3. The largest absolute Gasteiger partial charge is 0.370 e. The molecule has 0 spiro atoms. The van der Waals surface area contributed by atoms with Crippen LogP contribution in [0.4, 0.5) is 0 Å². The van der Waals surface area contributed by atoms with Gasteiger partial charge >= 0.3 is 0 Å². The molecule has 0 saturated heterocycles. The number of amides is 5. The number of aliphatic imine (C=N–C) groups is 1. The zero-order valence-corrected chi connectivity index (χ0v) is 29.8. The van der Waals surface area contributed by atoms with Gasteiger partial charge in [0.05, 0.1) is 16.4 Å². The Morgan fingerprint density at radius 1 is 0.808 bits per heavy atom. The van der Waals surface area contributed by atoms with Gasteiger partial charge in [-0.3, -0.25) is 29.0 Å². The minimum Gasteiger partial charge on any atom is -0.370 e. The van der Waals surface area contributed by atoms with Crippen molar-refractivity contribution in [3.8, 4) is 0 Å². The normalized spacial score (nSPS) is 13.3. The first-order valence-corrected chi connectivity index (χ1v) is 17.0. The maximum atomic E-state index is 14.0. The van der Waals surface area contributed by atoms with E-state index in [0.29, 0.717) is 11.3 Å². The standard InChI is InChI=1S/C34H41Cl2N11O5/c1-18(48)44-29(14-21-16-40-17-43-21)33(52)47-28(12-19-8-9-23(35)24(36)11-19)32(51)45-26(7-4-10-41-34(38)39)31(50)46-27(30(37)49)13-20-15-42-25-6-3-2-5-22(20)25/h2-3,5-6,8-9,11,15-17,26-29,42H,4,7,10,12-14H2,1H3,(H2,37,49)(H,40,43)(H,44,48)(H,45,51)(H,46,50)(H,47,52)(H4,38,39,41). The van der Waals surface area contributed by atoms with E-state index in [0.717, 1.165) is 16.5 Å². The fraction of sp³-hybridized carbons (Fsp3) is 0.324. The minimum absolute atomic E-state index is 0.0489. The molecule has 2 aromatic carbocycles. The average Bonchev–Trinajstić information content (AvgIpc) is 3.76. The summed E-state index contributed by atoms with van der Waals surface area (Å²) in [6.07, 6.45) is 5.04. The molecule has 18 heteroatoms. The molecule has 0 aliphatic carbocycles. The molecule has 0 saturated carbocycles. The Hall–Kier alpha value is -5.61. The molecule has 4 aromatic rings. The molecule has 0 radical (unpaired) electrons. The lowest BCUT2D eigenvalue weighted by Gasteiger charge is -2.26. The molecule has 0 bridgehead atoms. The molecule has 16 nitrogen and oxygen atoms in total. The first-order valence-electron chi connectivity index (χ1n) is 16.3. The molecule has 0 aliphatic heterocycles. The Morgan fingerprint density at radius 3 is 2.13 bits per heavy atom. The first kappa shape index (κ1) is 39.2. The van der Waals surface area contributed by atoms with Crippen LogP contribution in [-0.4, -0.2) is 81.2 Å². The lowest BCUT2D eigenvalue weighted by molar-refractivity contribution is -0.134. The molecule has 276 valence electrons. The highest BCUT2D eigenvalue weighted by Gasteiger charge is 2.31. The van der Waals surface area contributed by atoms with E-state index in [1.54, 1.807) is 24.4 Å². The number of benzene rings is 2. The van der Waals surface area contributed by atoms with Crippen LogP contribution >= 0.6 is 23.2 Å². The maximum absolute atomic E-state index is 14.0. The molecule has 12 N–H and O–H groups in total. The lowest BCUT2D eigenvalue weighted by atomic mass is 10.0. The van der Waals surface area contributed by atoms with Gasteiger partial charge < -0.3 is 48.4 Å². The quantitative estimate of drug-likeness (QED) is 0.0396. The zero-order chi connectivity index (χ0) is 37.8. The highest BCUT2D eigenvalue weighted by molar-refractivity contribution is 6.42. The van der Waals surface area contributed by atoms with Crippen LogP contribution in [0.5, 0.6) is 0 Å². The van der Waals surface area contributed by atoms with Crippen LogP contribution in [-0.2, 0) is 43.2 Å². The van der Waals surface area contributed by atoms with Crippen molar-refractivity contribution in [3.63, 3.8) is 0 Å². The first-order chi connectivity index (χ1) is 24.8. The van der Waals surface area contributed by atoms with Gasteiger partial charge in [-0.2, -0.15) is 0 Å². The summed E-state index contributed by atoms with van der Waals surface area (Å²) in [6.45, 7) is 1.41. The number of guanidine groups is 1. The molecule has 52 heavy (non-hydrogen) atoms. The van der Waals surface area contributed by atoms with E-state index in [4.69, 9.17) is 40.4 Å². The Balaban J connectivity index is 1.58. The topological polar surface area (TPSA) is 268 Å². The number of halogens is 2. The summed E-state index contributed by atoms with van der Waals surface area (Å²) in [7, 11) is 0. The third-order valence-corrected chi connectivity index (χ3v) is 8.81. The van der Waals surface area contributed by atoms with Gasteiger partial charge in [-0.25, -0.2) is 4.98 Å². The number of rotatable bonds is 18. The van der Waals surface area contributed by atoms with Gasteiger partial charge in [0.15, 0.2) is 5.96 Å². The van der Waals surface area contributed by atoms with Crippen LogP contribution in [0.3, 0.4) is 0 Å². The van der Waals surface area contributed by atoms with Crippen molar-refractivity contribution in [2.24, 2.45) is 22.2 Å². The van der Waals surface area contributed by atoms with E-state index >= 15 is 0 Å². The summed E-state index contributed by atoms with van der Waals surface area (Å²) in [5.41, 5.74) is 19.4. The van der Waals surface area contributed by atoms with Gasteiger partial charge in [-0.1, -0.05) is 47.5 Å². The highest BCUT2D eigenvalue weighted by Crippen LogP contribution is 2.23. The molecule has 5 amide bonds. The van der Waals surface area contributed by atoms with Gasteiger partial charge in [0, 0.05) is 61.7 Å². The summed E-state index contributed by atoms with van der Waals surface area (Å²) >= 11 is 12.4. The lowest BCUT2D eigenvalue weighted by Crippen LogP contribution is -2.59. The van der Waals surface area contributed by atoms with Crippen LogP contribution in [0, 0.1) is 0 Å². The number of hydrogen-bond donors (Lipinski definition) is 9. The molecular weight excluding hydrogens is 713 g/mol. The number of imidazole rings is 1.